The zero-order valence-electron chi connectivity index (χ0n) is 20.2. The first-order valence-electron chi connectivity index (χ1n) is 13.1. The lowest BCUT2D eigenvalue weighted by atomic mass is 9.76. The third-order valence-electron chi connectivity index (χ3n) is 7.69. The van der Waals surface area contributed by atoms with Gasteiger partial charge in [-0.15, -0.1) is 0 Å². The molecule has 2 heteroatoms. The van der Waals surface area contributed by atoms with E-state index < -0.39 is 0 Å². The van der Waals surface area contributed by atoms with Crippen LogP contribution in [0, 0.1) is 17.8 Å². The molecule has 0 radical (unpaired) electrons. The van der Waals surface area contributed by atoms with E-state index in [2.05, 4.69) is 62.4 Å². The van der Waals surface area contributed by atoms with E-state index in [1.165, 1.54) is 67.2 Å². The molecule has 1 aliphatic carbocycles. The Kier molecular flexibility index (Phi) is 8.82. The van der Waals surface area contributed by atoms with Gasteiger partial charge in [0.1, 0.15) is 0 Å². The van der Waals surface area contributed by atoms with Crippen LogP contribution in [0.2, 0.25) is 0 Å². The Morgan fingerprint density at radius 1 is 0.688 bits per heavy atom. The highest BCUT2D eigenvalue weighted by atomic mass is 16.7. The minimum atomic E-state index is -0.000685. The zero-order valence-corrected chi connectivity index (χ0v) is 20.2. The molecule has 2 aromatic rings. The van der Waals surface area contributed by atoms with E-state index in [1.54, 1.807) is 0 Å². The lowest BCUT2D eigenvalue weighted by Gasteiger charge is -2.37. The summed E-state index contributed by atoms with van der Waals surface area (Å²) in [6.07, 6.45) is 12.4. The Balaban J connectivity index is 1.17. The van der Waals surface area contributed by atoms with Gasteiger partial charge >= 0.3 is 0 Å². The first-order valence-corrected chi connectivity index (χ1v) is 13.1. The van der Waals surface area contributed by atoms with Crippen molar-refractivity contribution in [2.75, 3.05) is 13.2 Å². The Morgan fingerprint density at radius 2 is 1.22 bits per heavy atom. The lowest BCUT2D eigenvalue weighted by molar-refractivity contribution is -0.212. The molecule has 1 heterocycles. The SMILES string of the molecule is CCCCc1ccc(-c2ccc(CCCC3OCC(C4CCC(C)CC4)CO3)cc2)cc1. The van der Waals surface area contributed by atoms with Crippen molar-refractivity contribution in [1.82, 2.24) is 0 Å². The molecule has 0 bridgehead atoms. The van der Waals surface area contributed by atoms with Crippen LogP contribution < -0.4 is 0 Å². The van der Waals surface area contributed by atoms with Gasteiger partial charge in [0.25, 0.3) is 0 Å². The van der Waals surface area contributed by atoms with Gasteiger partial charge in [0.2, 0.25) is 0 Å². The van der Waals surface area contributed by atoms with Crippen molar-refractivity contribution >= 4 is 0 Å². The molecule has 4 rings (SSSR count). The summed E-state index contributed by atoms with van der Waals surface area (Å²) >= 11 is 0. The van der Waals surface area contributed by atoms with Crippen molar-refractivity contribution in [2.45, 2.75) is 84.3 Å². The van der Waals surface area contributed by atoms with Gasteiger partial charge in [0.05, 0.1) is 13.2 Å². The van der Waals surface area contributed by atoms with Gasteiger partial charge in [-0.3, -0.25) is 0 Å². The predicted octanol–water partition coefficient (Wildman–Crippen LogP) is 7.83. The number of benzene rings is 2. The van der Waals surface area contributed by atoms with E-state index in [0.29, 0.717) is 5.92 Å². The summed E-state index contributed by atoms with van der Waals surface area (Å²) in [4.78, 5) is 0. The Morgan fingerprint density at radius 3 is 1.75 bits per heavy atom. The summed E-state index contributed by atoms with van der Waals surface area (Å²) in [5.74, 6) is 2.35. The van der Waals surface area contributed by atoms with Crippen LogP contribution in [0.5, 0.6) is 0 Å². The average molecular weight is 435 g/mol. The highest BCUT2D eigenvalue weighted by Crippen LogP contribution is 2.35. The first-order chi connectivity index (χ1) is 15.7. The van der Waals surface area contributed by atoms with Crippen LogP contribution in [-0.2, 0) is 22.3 Å². The van der Waals surface area contributed by atoms with Gasteiger partial charge in [0, 0.05) is 5.92 Å². The molecular weight excluding hydrogens is 392 g/mol. The fourth-order valence-corrected chi connectivity index (χ4v) is 5.34. The Bertz CT molecular complexity index is 779. The predicted molar refractivity (Wildman–Crippen MR) is 134 cm³/mol. The molecule has 1 saturated heterocycles. The number of unbranched alkanes of at least 4 members (excludes halogenated alkanes) is 1. The van der Waals surface area contributed by atoms with E-state index in [9.17, 15) is 0 Å². The van der Waals surface area contributed by atoms with Crippen molar-refractivity contribution in [2.24, 2.45) is 17.8 Å². The molecule has 0 aromatic heterocycles. The van der Waals surface area contributed by atoms with Crippen molar-refractivity contribution in [1.29, 1.82) is 0 Å². The molecule has 2 aromatic carbocycles. The summed E-state index contributed by atoms with van der Waals surface area (Å²) < 4.78 is 12.2. The molecule has 2 fully saturated rings. The van der Waals surface area contributed by atoms with Crippen LogP contribution >= 0.6 is 0 Å². The van der Waals surface area contributed by atoms with Crippen LogP contribution in [-0.4, -0.2) is 19.5 Å². The molecule has 1 saturated carbocycles. The maximum absolute atomic E-state index is 6.10. The van der Waals surface area contributed by atoms with Crippen LogP contribution in [0.3, 0.4) is 0 Å². The van der Waals surface area contributed by atoms with E-state index in [0.717, 1.165) is 44.3 Å². The summed E-state index contributed by atoms with van der Waals surface area (Å²) in [6, 6.07) is 18.2. The standard InChI is InChI=1S/C30H42O2/c1-3-4-6-24-11-17-26(18-12-24)27-19-13-25(14-20-27)7-5-8-30-31-21-29(22-32-30)28-15-9-23(2)10-16-28/h11-14,17-20,23,28-30H,3-10,15-16,21-22H2,1-2H3. The number of hydrogen-bond donors (Lipinski definition) is 0. The summed E-state index contributed by atoms with van der Waals surface area (Å²) in [7, 11) is 0. The van der Waals surface area contributed by atoms with Crippen LogP contribution in [0.25, 0.3) is 11.1 Å². The second-order valence-corrected chi connectivity index (χ2v) is 10.3. The highest BCUT2D eigenvalue weighted by Gasteiger charge is 2.30. The number of rotatable bonds is 9. The summed E-state index contributed by atoms with van der Waals surface area (Å²) in [5, 5.41) is 0. The fourth-order valence-electron chi connectivity index (χ4n) is 5.34. The monoisotopic (exact) mass is 434 g/mol. The highest BCUT2D eigenvalue weighted by molar-refractivity contribution is 5.63. The van der Waals surface area contributed by atoms with Gasteiger partial charge in [-0.05, 0) is 79.0 Å². The molecular formula is C30H42O2. The van der Waals surface area contributed by atoms with Crippen molar-refractivity contribution < 1.29 is 9.47 Å². The van der Waals surface area contributed by atoms with Crippen molar-refractivity contribution in [3.05, 3.63) is 59.7 Å². The molecule has 0 unspecified atom stereocenters. The average Bonchev–Trinajstić information content (AvgIpc) is 2.85. The molecule has 32 heavy (non-hydrogen) atoms. The number of aryl methyl sites for hydroxylation is 2. The Labute approximate surface area is 195 Å². The minimum absolute atomic E-state index is 0.000685. The normalized spacial score (nSPS) is 26.2. The summed E-state index contributed by atoms with van der Waals surface area (Å²) in [6.45, 7) is 6.43. The van der Waals surface area contributed by atoms with Crippen molar-refractivity contribution in [3.8, 4) is 11.1 Å². The van der Waals surface area contributed by atoms with Gasteiger partial charge in [-0.25, -0.2) is 0 Å². The maximum Gasteiger partial charge on any atom is 0.157 e. The molecule has 174 valence electrons. The molecule has 2 aliphatic rings. The number of hydrogen-bond acceptors (Lipinski definition) is 2. The van der Waals surface area contributed by atoms with Crippen LogP contribution in [0.1, 0.15) is 76.3 Å². The largest absolute Gasteiger partial charge is 0.352 e. The van der Waals surface area contributed by atoms with Crippen molar-refractivity contribution in [3.63, 3.8) is 0 Å². The quantitative estimate of drug-likeness (QED) is 0.400. The van der Waals surface area contributed by atoms with Gasteiger partial charge in [0.15, 0.2) is 6.29 Å². The zero-order chi connectivity index (χ0) is 22.2. The first kappa shape index (κ1) is 23.5. The molecule has 1 aliphatic heterocycles. The number of ether oxygens (including phenoxy) is 2. The molecule has 0 spiro atoms. The third kappa shape index (κ3) is 6.68. The molecule has 0 N–H and O–H groups in total. The van der Waals surface area contributed by atoms with Gasteiger partial charge in [-0.2, -0.15) is 0 Å². The molecule has 2 nitrogen and oxygen atoms in total. The topological polar surface area (TPSA) is 18.5 Å². The maximum atomic E-state index is 6.10. The third-order valence-corrected chi connectivity index (χ3v) is 7.69. The smallest absolute Gasteiger partial charge is 0.157 e. The van der Waals surface area contributed by atoms with E-state index >= 15 is 0 Å². The second-order valence-electron chi connectivity index (χ2n) is 10.3. The molecule has 0 amide bonds. The van der Waals surface area contributed by atoms with Crippen LogP contribution in [0.4, 0.5) is 0 Å². The summed E-state index contributed by atoms with van der Waals surface area (Å²) in [5.41, 5.74) is 5.46. The second kappa shape index (κ2) is 12.0. The van der Waals surface area contributed by atoms with E-state index in [1.807, 2.05) is 0 Å². The van der Waals surface area contributed by atoms with Gasteiger partial charge in [-0.1, -0.05) is 81.6 Å². The Hall–Kier alpha value is -1.64. The van der Waals surface area contributed by atoms with E-state index in [4.69, 9.17) is 9.47 Å². The van der Waals surface area contributed by atoms with E-state index in [-0.39, 0.29) is 6.29 Å². The minimum Gasteiger partial charge on any atom is -0.352 e. The fraction of sp³-hybridized carbons (Fsp3) is 0.600. The van der Waals surface area contributed by atoms with Crippen LogP contribution in [0.15, 0.2) is 48.5 Å². The van der Waals surface area contributed by atoms with Gasteiger partial charge < -0.3 is 9.47 Å². The lowest BCUT2D eigenvalue weighted by Crippen LogP contribution is -2.37. The molecule has 0 atom stereocenters.